The van der Waals surface area contributed by atoms with E-state index in [1.165, 1.54) is 23.7 Å². The van der Waals surface area contributed by atoms with Crippen LogP contribution in [0, 0.1) is 6.92 Å². The third-order valence-corrected chi connectivity index (χ3v) is 4.82. The predicted molar refractivity (Wildman–Crippen MR) is 87.9 cm³/mol. The van der Waals surface area contributed by atoms with Crippen molar-refractivity contribution in [3.8, 4) is 0 Å². The van der Waals surface area contributed by atoms with Gasteiger partial charge < -0.3 is 14.6 Å². The lowest BCUT2D eigenvalue weighted by molar-refractivity contribution is -0.0245. The number of aromatic amines is 1. The minimum absolute atomic E-state index is 0.0187. The number of thiophene rings is 1. The third-order valence-electron chi connectivity index (χ3n) is 3.83. The summed E-state index contributed by atoms with van der Waals surface area (Å²) in [6.07, 6.45) is 2.79. The number of nitrogens with zero attached hydrogens (tertiary/aromatic N) is 2. The highest BCUT2D eigenvalue weighted by molar-refractivity contribution is 7.13. The summed E-state index contributed by atoms with van der Waals surface area (Å²) in [6.45, 7) is 3.75. The zero-order valence-electron chi connectivity index (χ0n) is 12.9. The first-order valence-electron chi connectivity index (χ1n) is 7.63. The fourth-order valence-corrected chi connectivity index (χ4v) is 3.47. The standard InChI is InChI=1S/C16H19N3O3S/c1-11-2-5-14(23-11)16(21)19-6-7-22-13(9-19)4-3-12-8-15(20)18-10-17-12/h2,5,8,10,13H,3-4,6-7,9H2,1H3,(H,17,18,20)/t13-/m0/s1. The average molecular weight is 333 g/mol. The van der Waals surface area contributed by atoms with Crippen LogP contribution in [0.25, 0.3) is 0 Å². The molecule has 1 amide bonds. The van der Waals surface area contributed by atoms with Crippen molar-refractivity contribution < 1.29 is 9.53 Å². The summed E-state index contributed by atoms with van der Waals surface area (Å²) in [4.78, 5) is 34.2. The van der Waals surface area contributed by atoms with E-state index in [-0.39, 0.29) is 17.6 Å². The molecule has 7 heteroatoms. The second-order valence-electron chi connectivity index (χ2n) is 5.60. The molecule has 122 valence electrons. The van der Waals surface area contributed by atoms with Gasteiger partial charge in [0.05, 0.1) is 23.9 Å². The van der Waals surface area contributed by atoms with Gasteiger partial charge in [0.1, 0.15) is 0 Å². The van der Waals surface area contributed by atoms with Crippen molar-refractivity contribution in [3.63, 3.8) is 0 Å². The number of rotatable bonds is 4. The van der Waals surface area contributed by atoms with E-state index in [0.717, 1.165) is 21.9 Å². The number of H-pyrrole nitrogens is 1. The molecule has 0 unspecified atom stereocenters. The molecule has 0 saturated carbocycles. The molecule has 2 aromatic rings. The van der Waals surface area contributed by atoms with Gasteiger partial charge in [-0.3, -0.25) is 9.59 Å². The molecule has 3 heterocycles. The van der Waals surface area contributed by atoms with E-state index in [1.807, 2.05) is 24.0 Å². The molecule has 1 saturated heterocycles. The molecule has 0 aromatic carbocycles. The van der Waals surface area contributed by atoms with E-state index in [0.29, 0.717) is 26.1 Å². The molecule has 0 spiro atoms. The van der Waals surface area contributed by atoms with Crippen molar-refractivity contribution in [2.75, 3.05) is 19.7 Å². The monoisotopic (exact) mass is 333 g/mol. The summed E-state index contributed by atoms with van der Waals surface area (Å²) in [6, 6.07) is 5.35. The summed E-state index contributed by atoms with van der Waals surface area (Å²) in [5.74, 6) is 0.0747. The van der Waals surface area contributed by atoms with Crippen molar-refractivity contribution in [1.82, 2.24) is 14.9 Å². The number of aryl methyl sites for hydroxylation is 2. The number of carbonyl (C=O) groups excluding carboxylic acids is 1. The van der Waals surface area contributed by atoms with Crippen molar-refractivity contribution in [2.24, 2.45) is 0 Å². The van der Waals surface area contributed by atoms with Crippen LogP contribution in [0.4, 0.5) is 0 Å². The third kappa shape index (κ3) is 4.05. The molecule has 2 aromatic heterocycles. The van der Waals surface area contributed by atoms with Gasteiger partial charge in [-0.2, -0.15) is 0 Å². The van der Waals surface area contributed by atoms with Crippen LogP contribution in [0.2, 0.25) is 0 Å². The van der Waals surface area contributed by atoms with Crippen molar-refractivity contribution in [2.45, 2.75) is 25.9 Å². The summed E-state index contributed by atoms with van der Waals surface area (Å²) in [7, 11) is 0. The number of hydrogen-bond donors (Lipinski definition) is 1. The molecule has 3 rings (SSSR count). The van der Waals surface area contributed by atoms with Gasteiger partial charge in [0.2, 0.25) is 0 Å². The Labute approximate surface area is 138 Å². The van der Waals surface area contributed by atoms with Crippen molar-refractivity contribution in [1.29, 1.82) is 0 Å². The largest absolute Gasteiger partial charge is 0.375 e. The van der Waals surface area contributed by atoms with Gasteiger partial charge >= 0.3 is 0 Å². The number of nitrogens with one attached hydrogen (secondary N) is 1. The highest BCUT2D eigenvalue weighted by atomic mass is 32.1. The van der Waals surface area contributed by atoms with E-state index in [4.69, 9.17) is 4.74 Å². The first-order valence-corrected chi connectivity index (χ1v) is 8.44. The van der Waals surface area contributed by atoms with Crippen LogP contribution < -0.4 is 5.56 Å². The number of amides is 1. The molecule has 1 fully saturated rings. The Bertz CT molecular complexity index is 740. The molecule has 0 aliphatic carbocycles. The minimum Gasteiger partial charge on any atom is -0.375 e. The predicted octanol–water partition coefficient (Wildman–Crippen LogP) is 1.61. The van der Waals surface area contributed by atoms with Crippen molar-refractivity contribution in [3.05, 3.63) is 50.3 Å². The van der Waals surface area contributed by atoms with E-state index in [2.05, 4.69) is 9.97 Å². The molecule has 1 aliphatic heterocycles. The molecule has 0 bridgehead atoms. The smallest absolute Gasteiger partial charge is 0.264 e. The van der Waals surface area contributed by atoms with Gasteiger partial charge in [0, 0.05) is 29.7 Å². The Balaban J connectivity index is 1.57. The first-order chi connectivity index (χ1) is 11.1. The fourth-order valence-electron chi connectivity index (χ4n) is 2.64. The minimum atomic E-state index is -0.149. The number of ether oxygens (including phenoxy) is 1. The Morgan fingerprint density at radius 1 is 1.52 bits per heavy atom. The lowest BCUT2D eigenvalue weighted by Crippen LogP contribution is -2.45. The maximum Gasteiger partial charge on any atom is 0.264 e. The van der Waals surface area contributed by atoms with Crippen LogP contribution in [0.3, 0.4) is 0 Å². The van der Waals surface area contributed by atoms with Crippen LogP contribution in [-0.4, -0.2) is 46.6 Å². The quantitative estimate of drug-likeness (QED) is 0.922. The van der Waals surface area contributed by atoms with Crippen LogP contribution in [0.15, 0.2) is 29.3 Å². The summed E-state index contributed by atoms with van der Waals surface area (Å²) in [5.41, 5.74) is 0.596. The summed E-state index contributed by atoms with van der Waals surface area (Å²) >= 11 is 1.52. The van der Waals surface area contributed by atoms with E-state index in [9.17, 15) is 9.59 Å². The zero-order valence-corrected chi connectivity index (χ0v) is 13.8. The van der Waals surface area contributed by atoms with Gasteiger partial charge in [0.25, 0.3) is 11.5 Å². The highest BCUT2D eigenvalue weighted by Crippen LogP contribution is 2.19. The Kier molecular flexibility index (Phi) is 4.88. The van der Waals surface area contributed by atoms with E-state index >= 15 is 0 Å². The number of hydrogen-bond acceptors (Lipinski definition) is 5. The van der Waals surface area contributed by atoms with Gasteiger partial charge in [-0.15, -0.1) is 11.3 Å². The highest BCUT2D eigenvalue weighted by Gasteiger charge is 2.25. The molecule has 1 atom stereocenters. The first kappa shape index (κ1) is 15.9. The van der Waals surface area contributed by atoms with Gasteiger partial charge in [-0.05, 0) is 31.9 Å². The Morgan fingerprint density at radius 2 is 2.39 bits per heavy atom. The second kappa shape index (κ2) is 7.06. The molecule has 23 heavy (non-hydrogen) atoms. The molecular formula is C16H19N3O3S. The fraction of sp³-hybridized carbons (Fsp3) is 0.438. The molecule has 1 N–H and O–H groups in total. The lowest BCUT2D eigenvalue weighted by Gasteiger charge is -2.32. The number of carbonyl (C=O) groups is 1. The SMILES string of the molecule is Cc1ccc(C(=O)N2CCO[C@@H](CCc3cc(=O)[nH]cn3)C2)s1. The van der Waals surface area contributed by atoms with Crippen molar-refractivity contribution >= 4 is 17.2 Å². The Hall–Kier alpha value is -1.99. The maximum atomic E-state index is 12.5. The Morgan fingerprint density at radius 3 is 3.13 bits per heavy atom. The van der Waals surface area contributed by atoms with Crippen LogP contribution in [0.1, 0.15) is 26.7 Å². The van der Waals surface area contributed by atoms with Gasteiger partial charge in [0.15, 0.2) is 0 Å². The maximum absolute atomic E-state index is 12.5. The average Bonchev–Trinajstić information content (AvgIpc) is 2.99. The molecular weight excluding hydrogens is 314 g/mol. The zero-order chi connectivity index (χ0) is 16.2. The van der Waals surface area contributed by atoms with Crippen LogP contribution in [0.5, 0.6) is 0 Å². The van der Waals surface area contributed by atoms with Crippen LogP contribution in [-0.2, 0) is 11.2 Å². The normalized spacial score (nSPS) is 18.1. The second-order valence-corrected chi connectivity index (χ2v) is 6.88. The summed E-state index contributed by atoms with van der Waals surface area (Å²) < 4.78 is 5.75. The molecule has 6 nitrogen and oxygen atoms in total. The van der Waals surface area contributed by atoms with Gasteiger partial charge in [-0.1, -0.05) is 0 Å². The lowest BCUT2D eigenvalue weighted by atomic mass is 10.1. The number of aromatic nitrogens is 2. The van der Waals surface area contributed by atoms with E-state index in [1.54, 1.807) is 0 Å². The van der Waals surface area contributed by atoms with E-state index < -0.39 is 0 Å². The summed E-state index contributed by atoms with van der Waals surface area (Å²) in [5, 5.41) is 0. The topological polar surface area (TPSA) is 75.3 Å². The molecule has 1 aliphatic rings. The number of morpholine rings is 1. The van der Waals surface area contributed by atoms with Gasteiger partial charge in [-0.25, -0.2) is 4.98 Å². The van der Waals surface area contributed by atoms with Crippen LogP contribution >= 0.6 is 11.3 Å². The molecule has 0 radical (unpaired) electrons.